The fourth-order valence-electron chi connectivity index (χ4n) is 4.40. The Kier molecular flexibility index (Phi) is 7.68. The van der Waals surface area contributed by atoms with Crippen molar-refractivity contribution in [1.82, 2.24) is 0 Å². The van der Waals surface area contributed by atoms with Crippen LogP contribution in [0.15, 0.2) is 97.1 Å². The van der Waals surface area contributed by atoms with Crippen molar-refractivity contribution in [3.8, 4) is 5.75 Å². The molecule has 0 spiro atoms. The van der Waals surface area contributed by atoms with Gasteiger partial charge in [0, 0.05) is 22.3 Å². The molecule has 0 aromatic heterocycles. The highest BCUT2D eigenvalue weighted by Crippen LogP contribution is 2.32. The van der Waals surface area contributed by atoms with Gasteiger partial charge in [0.25, 0.3) is 0 Å². The Bertz CT molecular complexity index is 1410. The summed E-state index contributed by atoms with van der Waals surface area (Å²) in [5.41, 5.74) is 5.39. The van der Waals surface area contributed by atoms with Gasteiger partial charge in [-0.05, 0) is 61.1 Å². The average molecular weight is 505 g/mol. The van der Waals surface area contributed by atoms with Gasteiger partial charge in [-0.1, -0.05) is 106 Å². The lowest BCUT2D eigenvalue weighted by molar-refractivity contribution is 0.0824. The molecular formula is C35H36O3. The maximum atomic E-state index is 13.0. The molecule has 0 aliphatic carbocycles. The molecule has 4 aromatic rings. The van der Waals surface area contributed by atoms with Crippen molar-refractivity contribution in [2.24, 2.45) is 0 Å². The Hall–Kier alpha value is -3.98. The summed E-state index contributed by atoms with van der Waals surface area (Å²) in [7, 11) is 0. The van der Waals surface area contributed by atoms with Crippen LogP contribution in [0.5, 0.6) is 5.75 Å². The lowest BCUT2D eigenvalue weighted by Gasteiger charge is -2.30. The predicted octanol–water partition coefficient (Wildman–Crippen LogP) is 8.46. The SMILES string of the molecule is CCC(C)(Oc1ccc(C(=O)c2ccc(C(C)(C)C)cc2)cc1)c1ccc(C(=O)c2ccc(C)cc2)cc1. The number of carbonyl (C=O) groups is 2. The maximum absolute atomic E-state index is 13.0. The molecule has 0 fully saturated rings. The molecule has 38 heavy (non-hydrogen) atoms. The van der Waals surface area contributed by atoms with Crippen LogP contribution in [0.4, 0.5) is 0 Å². The lowest BCUT2D eigenvalue weighted by atomic mass is 9.86. The van der Waals surface area contributed by atoms with Crippen molar-refractivity contribution in [3.05, 3.63) is 136 Å². The number of ether oxygens (including phenoxy) is 1. The highest BCUT2D eigenvalue weighted by atomic mass is 16.5. The Labute approximate surface area is 226 Å². The molecule has 0 aliphatic heterocycles. The second-order valence-electron chi connectivity index (χ2n) is 11.1. The molecule has 0 saturated carbocycles. The van der Waals surface area contributed by atoms with E-state index < -0.39 is 5.60 Å². The smallest absolute Gasteiger partial charge is 0.193 e. The molecule has 0 saturated heterocycles. The van der Waals surface area contributed by atoms with Gasteiger partial charge < -0.3 is 4.74 Å². The quantitative estimate of drug-likeness (QED) is 0.226. The van der Waals surface area contributed by atoms with E-state index in [2.05, 4.69) is 27.7 Å². The molecule has 1 unspecified atom stereocenters. The zero-order valence-electron chi connectivity index (χ0n) is 23.2. The minimum atomic E-state index is -0.584. The molecule has 4 rings (SSSR count). The van der Waals surface area contributed by atoms with E-state index in [4.69, 9.17) is 4.74 Å². The van der Waals surface area contributed by atoms with E-state index in [0.29, 0.717) is 28.0 Å². The second-order valence-corrected chi connectivity index (χ2v) is 11.1. The molecule has 0 heterocycles. The number of benzene rings is 4. The number of rotatable bonds is 8. The minimum Gasteiger partial charge on any atom is -0.483 e. The Morgan fingerprint density at radius 3 is 1.34 bits per heavy atom. The van der Waals surface area contributed by atoms with Gasteiger partial charge in [-0.25, -0.2) is 0 Å². The van der Waals surface area contributed by atoms with Gasteiger partial charge in [0.1, 0.15) is 11.4 Å². The number of aryl methyl sites for hydroxylation is 1. The largest absolute Gasteiger partial charge is 0.483 e. The van der Waals surface area contributed by atoms with Gasteiger partial charge in [0.05, 0.1) is 0 Å². The van der Waals surface area contributed by atoms with Gasteiger partial charge in [-0.3, -0.25) is 9.59 Å². The standard InChI is InChI=1S/C35H36O3/c1-7-35(6,30-20-14-27(15-21-30)32(36)25-10-8-24(2)9-11-25)38-31-22-16-28(17-23-31)33(37)26-12-18-29(19-13-26)34(3,4)5/h8-23H,7H2,1-6H3. The van der Waals surface area contributed by atoms with Crippen LogP contribution in [0.25, 0.3) is 0 Å². The molecule has 4 aromatic carbocycles. The number of carbonyl (C=O) groups excluding carboxylic acids is 2. The van der Waals surface area contributed by atoms with E-state index in [1.54, 1.807) is 0 Å². The van der Waals surface area contributed by atoms with Crippen LogP contribution in [0, 0.1) is 6.92 Å². The molecule has 0 amide bonds. The van der Waals surface area contributed by atoms with Crippen molar-refractivity contribution in [3.63, 3.8) is 0 Å². The highest BCUT2D eigenvalue weighted by molar-refractivity contribution is 6.09. The lowest BCUT2D eigenvalue weighted by Crippen LogP contribution is -2.28. The molecule has 0 N–H and O–H groups in total. The van der Waals surface area contributed by atoms with E-state index in [0.717, 1.165) is 17.5 Å². The van der Waals surface area contributed by atoms with Crippen LogP contribution in [-0.2, 0) is 11.0 Å². The maximum Gasteiger partial charge on any atom is 0.193 e. The van der Waals surface area contributed by atoms with Crippen LogP contribution in [-0.4, -0.2) is 11.6 Å². The van der Waals surface area contributed by atoms with E-state index in [1.165, 1.54) is 5.56 Å². The molecule has 1 atom stereocenters. The van der Waals surface area contributed by atoms with E-state index in [9.17, 15) is 9.59 Å². The van der Waals surface area contributed by atoms with E-state index in [-0.39, 0.29) is 17.0 Å². The van der Waals surface area contributed by atoms with Gasteiger partial charge in [-0.15, -0.1) is 0 Å². The van der Waals surface area contributed by atoms with Gasteiger partial charge in [0.2, 0.25) is 0 Å². The molecule has 0 bridgehead atoms. The van der Waals surface area contributed by atoms with Crippen molar-refractivity contribution >= 4 is 11.6 Å². The molecule has 194 valence electrons. The number of hydrogen-bond acceptors (Lipinski definition) is 3. The van der Waals surface area contributed by atoms with Crippen LogP contribution in [0.2, 0.25) is 0 Å². The fourth-order valence-corrected chi connectivity index (χ4v) is 4.40. The van der Waals surface area contributed by atoms with Crippen LogP contribution >= 0.6 is 0 Å². The van der Waals surface area contributed by atoms with Gasteiger partial charge >= 0.3 is 0 Å². The second kappa shape index (κ2) is 10.8. The van der Waals surface area contributed by atoms with Crippen LogP contribution in [0.3, 0.4) is 0 Å². The van der Waals surface area contributed by atoms with Crippen molar-refractivity contribution in [2.75, 3.05) is 0 Å². The van der Waals surface area contributed by atoms with Crippen molar-refractivity contribution < 1.29 is 14.3 Å². The summed E-state index contributed by atoms with van der Waals surface area (Å²) in [5, 5.41) is 0. The molecule has 0 radical (unpaired) electrons. The number of ketones is 2. The fraction of sp³-hybridized carbons (Fsp3) is 0.257. The molecule has 3 heteroatoms. The Balaban J connectivity index is 1.47. The van der Waals surface area contributed by atoms with E-state index in [1.807, 2.05) is 111 Å². The first-order valence-electron chi connectivity index (χ1n) is 13.2. The van der Waals surface area contributed by atoms with Crippen LogP contribution < -0.4 is 4.74 Å². The first kappa shape index (κ1) is 27.1. The summed E-state index contributed by atoms with van der Waals surface area (Å²) in [5.74, 6) is 0.682. The third-order valence-electron chi connectivity index (χ3n) is 7.22. The summed E-state index contributed by atoms with van der Waals surface area (Å²) in [6.45, 7) is 12.6. The monoisotopic (exact) mass is 504 g/mol. The topological polar surface area (TPSA) is 43.4 Å². The molecular weight excluding hydrogens is 468 g/mol. The third-order valence-corrected chi connectivity index (χ3v) is 7.22. The normalized spacial score (nSPS) is 13.0. The highest BCUT2D eigenvalue weighted by Gasteiger charge is 2.27. The number of hydrogen-bond donors (Lipinski definition) is 0. The molecule has 3 nitrogen and oxygen atoms in total. The average Bonchev–Trinajstić information content (AvgIpc) is 2.93. The minimum absolute atomic E-state index is 0.00368. The Morgan fingerprint density at radius 2 is 0.947 bits per heavy atom. The summed E-state index contributed by atoms with van der Waals surface area (Å²) in [6.07, 6.45) is 0.735. The van der Waals surface area contributed by atoms with E-state index >= 15 is 0 Å². The van der Waals surface area contributed by atoms with Gasteiger partial charge in [0.15, 0.2) is 11.6 Å². The summed E-state index contributed by atoms with van der Waals surface area (Å²) in [4.78, 5) is 25.9. The predicted molar refractivity (Wildman–Crippen MR) is 154 cm³/mol. The van der Waals surface area contributed by atoms with Crippen molar-refractivity contribution in [1.29, 1.82) is 0 Å². The van der Waals surface area contributed by atoms with Gasteiger partial charge in [-0.2, -0.15) is 0 Å². The van der Waals surface area contributed by atoms with Crippen molar-refractivity contribution in [2.45, 2.75) is 59.0 Å². The zero-order chi connectivity index (χ0) is 27.5. The third kappa shape index (κ3) is 5.94. The first-order valence-corrected chi connectivity index (χ1v) is 13.2. The summed E-state index contributed by atoms with van der Waals surface area (Å²) in [6, 6.07) is 30.4. The van der Waals surface area contributed by atoms with Crippen LogP contribution in [0.1, 0.15) is 89.6 Å². The zero-order valence-corrected chi connectivity index (χ0v) is 23.2. The first-order chi connectivity index (χ1) is 18.0. The summed E-state index contributed by atoms with van der Waals surface area (Å²) >= 11 is 0. The summed E-state index contributed by atoms with van der Waals surface area (Å²) < 4.78 is 6.43. The Morgan fingerprint density at radius 1 is 0.579 bits per heavy atom. The molecule has 0 aliphatic rings.